The normalized spacial score (nSPS) is 14.7. The van der Waals surface area contributed by atoms with E-state index in [1.54, 1.807) is 12.1 Å². The van der Waals surface area contributed by atoms with E-state index < -0.39 is 0 Å². The van der Waals surface area contributed by atoms with E-state index in [1.807, 2.05) is 18.7 Å². The van der Waals surface area contributed by atoms with Crippen LogP contribution in [0.15, 0.2) is 12.1 Å². The van der Waals surface area contributed by atoms with E-state index >= 15 is 0 Å². The van der Waals surface area contributed by atoms with Crippen molar-refractivity contribution >= 4 is 18.3 Å². The maximum Gasteiger partial charge on any atom is 0.254 e. The number of halogens is 1. The number of benzene rings is 1. The van der Waals surface area contributed by atoms with Crippen LogP contribution in [0.25, 0.3) is 0 Å². The van der Waals surface area contributed by atoms with Crippen molar-refractivity contribution in [1.82, 2.24) is 4.90 Å². The largest absolute Gasteiger partial charge is 0.507 e. The number of amides is 1. The second kappa shape index (κ2) is 6.49. The number of aromatic hydroxyl groups is 1. The molecule has 0 unspecified atom stereocenters. The van der Waals surface area contributed by atoms with Gasteiger partial charge in [-0.15, -0.1) is 12.4 Å². The smallest absolute Gasteiger partial charge is 0.254 e. The molecule has 1 saturated carbocycles. The van der Waals surface area contributed by atoms with Crippen LogP contribution in [0, 0.1) is 13.8 Å². The molecule has 4 heteroatoms. The number of rotatable bonds is 3. The van der Waals surface area contributed by atoms with Crippen LogP contribution in [-0.2, 0) is 0 Å². The Morgan fingerprint density at radius 2 is 1.75 bits per heavy atom. The SMILES string of the molecule is Cc1cc(C(=O)N(C(C)C)C2CCC2)cc(C)c1O.Cl. The van der Waals surface area contributed by atoms with Crippen molar-refractivity contribution in [3.8, 4) is 5.75 Å². The van der Waals surface area contributed by atoms with E-state index in [2.05, 4.69) is 13.8 Å². The highest BCUT2D eigenvalue weighted by Gasteiger charge is 2.31. The monoisotopic (exact) mass is 297 g/mol. The van der Waals surface area contributed by atoms with Gasteiger partial charge in [-0.1, -0.05) is 0 Å². The Balaban J connectivity index is 0.00000200. The molecule has 0 saturated heterocycles. The molecule has 1 N–H and O–H groups in total. The topological polar surface area (TPSA) is 40.5 Å². The molecular weight excluding hydrogens is 274 g/mol. The Hall–Kier alpha value is -1.22. The van der Waals surface area contributed by atoms with Crippen LogP contribution in [0.1, 0.15) is 54.6 Å². The maximum atomic E-state index is 12.7. The summed E-state index contributed by atoms with van der Waals surface area (Å²) in [5.41, 5.74) is 2.22. The molecule has 0 heterocycles. The molecule has 112 valence electrons. The van der Waals surface area contributed by atoms with E-state index in [0.29, 0.717) is 11.6 Å². The summed E-state index contributed by atoms with van der Waals surface area (Å²) < 4.78 is 0. The van der Waals surface area contributed by atoms with Crippen molar-refractivity contribution in [3.05, 3.63) is 28.8 Å². The number of hydrogen-bond acceptors (Lipinski definition) is 2. The van der Waals surface area contributed by atoms with E-state index in [4.69, 9.17) is 0 Å². The average molecular weight is 298 g/mol. The zero-order valence-corrected chi connectivity index (χ0v) is 13.5. The van der Waals surface area contributed by atoms with Gasteiger partial charge in [0.1, 0.15) is 5.75 Å². The Morgan fingerprint density at radius 1 is 1.25 bits per heavy atom. The van der Waals surface area contributed by atoms with Gasteiger partial charge in [0.25, 0.3) is 5.91 Å². The molecular formula is C16H24ClNO2. The van der Waals surface area contributed by atoms with Crippen molar-refractivity contribution in [2.24, 2.45) is 0 Å². The van der Waals surface area contributed by atoms with Gasteiger partial charge < -0.3 is 10.0 Å². The Morgan fingerprint density at radius 3 is 2.10 bits per heavy atom. The van der Waals surface area contributed by atoms with Gasteiger partial charge in [-0.2, -0.15) is 0 Å². The van der Waals surface area contributed by atoms with Crippen molar-refractivity contribution < 1.29 is 9.90 Å². The third-order valence-electron chi connectivity index (χ3n) is 4.00. The zero-order valence-electron chi connectivity index (χ0n) is 12.6. The molecule has 2 rings (SSSR count). The van der Waals surface area contributed by atoms with Gasteiger partial charge in [-0.25, -0.2) is 0 Å². The predicted molar refractivity (Wildman–Crippen MR) is 83.8 cm³/mol. The summed E-state index contributed by atoms with van der Waals surface area (Å²) in [6, 6.07) is 4.19. The summed E-state index contributed by atoms with van der Waals surface area (Å²) in [4.78, 5) is 14.7. The van der Waals surface area contributed by atoms with Crippen LogP contribution < -0.4 is 0 Å². The minimum absolute atomic E-state index is 0. The fraction of sp³-hybridized carbons (Fsp3) is 0.562. The van der Waals surface area contributed by atoms with Crippen LogP contribution >= 0.6 is 12.4 Å². The van der Waals surface area contributed by atoms with Crippen LogP contribution in [0.2, 0.25) is 0 Å². The van der Waals surface area contributed by atoms with Crippen molar-refractivity contribution in [2.45, 2.75) is 59.0 Å². The molecule has 0 spiro atoms. The zero-order chi connectivity index (χ0) is 14.2. The quantitative estimate of drug-likeness (QED) is 0.921. The molecule has 1 aromatic carbocycles. The third-order valence-corrected chi connectivity index (χ3v) is 4.00. The second-order valence-corrected chi connectivity index (χ2v) is 5.85. The van der Waals surface area contributed by atoms with Gasteiger partial charge >= 0.3 is 0 Å². The number of carbonyl (C=O) groups excluding carboxylic acids is 1. The summed E-state index contributed by atoms with van der Waals surface area (Å²) in [5.74, 6) is 0.377. The molecule has 0 bridgehead atoms. The van der Waals surface area contributed by atoms with Crippen molar-refractivity contribution in [1.29, 1.82) is 0 Å². The Kier molecular flexibility index (Phi) is 5.46. The molecule has 1 aromatic rings. The lowest BCUT2D eigenvalue weighted by Crippen LogP contribution is -2.48. The molecule has 1 aliphatic rings. The lowest BCUT2D eigenvalue weighted by atomic mass is 9.89. The first-order valence-electron chi connectivity index (χ1n) is 7.04. The molecule has 0 radical (unpaired) electrons. The minimum Gasteiger partial charge on any atom is -0.507 e. The number of nitrogens with zero attached hydrogens (tertiary/aromatic N) is 1. The number of aryl methyl sites for hydroxylation is 2. The lowest BCUT2D eigenvalue weighted by Gasteiger charge is -2.40. The number of phenols is 1. The summed E-state index contributed by atoms with van der Waals surface area (Å²) in [6.07, 6.45) is 3.44. The third kappa shape index (κ3) is 3.09. The summed E-state index contributed by atoms with van der Waals surface area (Å²) >= 11 is 0. The Labute approximate surface area is 127 Å². The van der Waals surface area contributed by atoms with Crippen LogP contribution in [0.5, 0.6) is 5.75 Å². The number of phenolic OH excluding ortho intramolecular Hbond substituents is 1. The standard InChI is InChI=1S/C16H23NO2.ClH/c1-10(2)17(14-6-5-7-14)16(19)13-8-11(3)15(18)12(4)9-13;/h8-10,14,18H,5-7H2,1-4H3;1H. The molecule has 0 aliphatic heterocycles. The summed E-state index contributed by atoms with van der Waals surface area (Å²) in [7, 11) is 0. The van der Waals surface area contributed by atoms with Gasteiger partial charge in [0.05, 0.1) is 0 Å². The Bertz CT molecular complexity index is 472. The highest BCUT2D eigenvalue weighted by atomic mass is 35.5. The van der Waals surface area contributed by atoms with E-state index in [1.165, 1.54) is 6.42 Å². The molecule has 1 fully saturated rings. The number of hydrogen-bond donors (Lipinski definition) is 1. The average Bonchev–Trinajstić information content (AvgIpc) is 2.28. The highest BCUT2D eigenvalue weighted by molar-refractivity contribution is 5.95. The van der Waals surface area contributed by atoms with Crippen molar-refractivity contribution in [3.63, 3.8) is 0 Å². The first-order chi connectivity index (χ1) is 8.91. The van der Waals surface area contributed by atoms with Gasteiger partial charge in [0.15, 0.2) is 0 Å². The highest BCUT2D eigenvalue weighted by Crippen LogP contribution is 2.29. The summed E-state index contributed by atoms with van der Waals surface area (Å²) in [6.45, 7) is 7.80. The van der Waals surface area contributed by atoms with Crippen LogP contribution in [-0.4, -0.2) is 28.0 Å². The van der Waals surface area contributed by atoms with Gasteiger partial charge in [-0.3, -0.25) is 4.79 Å². The van der Waals surface area contributed by atoms with Crippen LogP contribution in [0.4, 0.5) is 0 Å². The predicted octanol–water partition coefficient (Wildman–Crippen LogP) is 3.83. The minimum atomic E-state index is 0. The van der Waals surface area contributed by atoms with Crippen LogP contribution in [0.3, 0.4) is 0 Å². The summed E-state index contributed by atoms with van der Waals surface area (Å²) in [5, 5.41) is 9.80. The number of carbonyl (C=O) groups is 1. The van der Waals surface area contributed by atoms with Gasteiger partial charge in [0, 0.05) is 17.6 Å². The molecule has 1 aliphatic carbocycles. The maximum absolute atomic E-state index is 12.7. The van der Waals surface area contributed by atoms with Gasteiger partial charge in [-0.05, 0) is 70.2 Å². The first kappa shape index (κ1) is 16.8. The van der Waals surface area contributed by atoms with E-state index in [-0.39, 0.29) is 30.1 Å². The molecule has 0 aromatic heterocycles. The first-order valence-corrected chi connectivity index (χ1v) is 7.04. The van der Waals surface area contributed by atoms with Gasteiger partial charge in [0.2, 0.25) is 0 Å². The van der Waals surface area contributed by atoms with E-state index in [9.17, 15) is 9.90 Å². The van der Waals surface area contributed by atoms with Crippen molar-refractivity contribution in [2.75, 3.05) is 0 Å². The fourth-order valence-corrected chi connectivity index (χ4v) is 2.72. The molecule has 20 heavy (non-hydrogen) atoms. The second-order valence-electron chi connectivity index (χ2n) is 5.85. The molecule has 3 nitrogen and oxygen atoms in total. The fourth-order valence-electron chi connectivity index (χ4n) is 2.72. The molecule has 1 amide bonds. The lowest BCUT2D eigenvalue weighted by molar-refractivity contribution is 0.0489. The van der Waals surface area contributed by atoms with E-state index in [0.717, 1.165) is 24.0 Å². The molecule has 0 atom stereocenters.